The van der Waals surface area contributed by atoms with Crippen molar-refractivity contribution < 1.29 is 13.9 Å². The number of halogens is 2. The van der Waals surface area contributed by atoms with Crippen molar-refractivity contribution in [2.75, 3.05) is 13.2 Å². The fourth-order valence-corrected chi connectivity index (χ4v) is 2.51. The van der Waals surface area contributed by atoms with E-state index < -0.39 is 5.82 Å². The summed E-state index contributed by atoms with van der Waals surface area (Å²) >= 11 is 5.70. The molecule has 1 heterocycles. The SMILES string of the molecule is CCO[C@@H]1CCN[C@@H]1C(=O)NCc1cccc(Cl)c1F. The van der Waals surface area contributed by atoms with Gasteiger partial charge in [0.1, 0.15) is 11.9 Å². The van der Waals surface area contributed by atoms with Crippen LogP contribution in [0.4, 0.5) is 4.39 Å². The van der Waals surface area contributed by atoms with Crippen LogP contribution in [0.5, 0.6) is 0 Å². The highest BCUT2D eigenvalue weighted by Gasteiger charge is 2.32. The Labute approximate surface area is 122 Å². The summed E-state index contributed by atoms with van der Waals surface area (Å²) in [5.74, 6) is -0.671. The number of carbonyl (C=O) groups excluding carboxylic acids is 1. The van der Waals surface area contributed by atoms with Gasteiger partial charge < -0.3 is 15.4 Å². The molecule has 0 spiro atoms. The van der Waals surface area contributed by atoms with Gasteiger partial charge in [0, 0.05) is 18.7 Å². The smallest absolute Gasteiger partial charge is 0.240 e. The molecule has 0 unspecified atom stereocenters. The lowest BCUT2D eigenvalue weighted by molar-refractivity contribution is -0.125. The maximum Gasteiger partial charge on any atom is 0.240 e. The molecule has 1 fully saturated rings. The summed E-state index contributed by atoms with van der Waals surface area (Å²) in [7, 11) is 0. The maximum absolute atomic E-state index is 13.7. The molecule has 0 bridgehead atoms. The van der Waals surface area contributed by atoms with Crippen LogP contribution in [0.2, 0.25) is 5.02 Å². The molecule has 1 saturated heterocycles. The molecule has 0 aromatic heterocycles. The van der Waals surface area contributed by atoms with E-state index in [0.29, 0.717) is 12.2 Å². The van der Waals surface area contributed by atoms with E-state index in [9.17, 15) is 9.18 Å². The van der Waals surface area contributed by atoms with Gasteiger partial charge in [-0.15, -0.1) is 0 Å². The number of hydrogen-bond donors (Lipinski definition) is 2. The van der Waals surface area contributed by atoms with E-state index in [4.69, 9.17) is 16.3 Å². The Morgan fingerprint density at radius 3 is 3.15 bits per heavy atom. The number of carbonyl (C=O) groups is 1. The van der Waals surface area contributed by atoms with Crippen LogP contribution in [0, 0.1) is 5.82 Å². The lowest BCUT2D eigenvalue weighted by Crippen LogP contribution is -2.46. The van der Waals surface area contributed by atoms with Gasteiger partial charge in [0.05, 0.1) is 11.1 Å². The van der Waals surface area contributed by atoms with Crippen molar-refractivity contribution in [3.05, 3.63) is 34.6 Å². The Kier molecular flexibility index (Phi) is 5.34. The van der Waals surface area contributed by atoms with Gasteiger partial charge in [0.2, 0.25) is 5.91 Å². The summed E-state index contributed by atoms with van der Waals surface area (Å²) in [4.78, 5) is 12.1. The third-order valence-electron chi connectivity index (χ3n) is 3.31. The van der Waals surface area contributed by atoms with E-state index >= 15 is 0 Å². The number of benzene rings is 1. The Bertz CT molecular complexity index is 484. The van der Waals surface area contributed by atoms with Crippen LogP contribution in [0.25, 0.3) is 0 Å². The van der Waals surface area contributed by atoms with Crippen molar-refractivity contribution in [1.82, 2.24) is 10.6 Å². The predicted octanol–water partition coefficient (Wildman–Crippen LogP) is 1.86. The zero-order valence-corrected chi connectivity index (χ0v) is 12.0. The van der Waals surface area contributed by atoms with Crippen molar-refractivity contribution in [2.45, 2.75) is 32.0 Å². The topological polar surface area (TPSA) is 50.4 Å². The summed E-state index contributed by atoms with van der Waals surface area (Å²) in [6, 6.07) is 4.36. The van der Waals surface area contributed by atoms with E-state index in [1.807, 2.05) is 6.92 Å². The van der Waals surface area contributed by atoms with Gasteiger partial charge in [-0.2, -0.15) is 0 Å². The molecular weight excluding hydrogens is 283 g/mol. The molecule has 0 saturated carbocycles. The standard InChI is InChI=1S/C14H18ClFN2O2/c1-2-20-11-6-7-17-13(11)14(19)18-8-9-4-3-5-10(15)12(9)16/h3-5,11,13,17H,2,6-8H2,1H3,(H,18,19)/t11-,13+/m1/s1. The van der Waals surface area contributed by atoms with Gasteiger partial charge in [0.25, 0.3) is 0 Å². The van der Waals surface area contributed by atoms with Crippen molar-refractivity contribution in [3.63, 3.8) is 0 Å². The molecular formula is C14H18ClFN2O2. The second-order valence-corrected chi connectivity index (χ2v) is 5.05. The zero-order valence-electron chi connectivity index (χ0n) is 11.3. The number of ether oxygens (including phenoxy) is 1. The molecule has 6 heteroatoms. The Morgan fingerprint density at radius 2 is 2.40 bits per heavy atom. The average molecular weight is 301 g/mol. The molecule has 0 aliphatic carbocycles. The molecule has 1 aromatic carbocycles. The monoisotopic (exact) mass is 300 g/mol. The molecule has 0 radical (unpaired) electrons. The molecule has 1 aliphatic rings. The van der Waals surface area contributed by atoms with Crippen molar-refractivity contribution in [2.24, 2.45) is 0 Å². The molecule has 20 heavy (non-hydrogen) atoms. The van der Waals surface area contributed by atoms with E-state index in [0.717, 1.165) is 13.0 Å². The molecule has 1 aliphatic heterocycles. The third-order valence-corrected chi connectivity index (χ3v) is 3.60. The van der Waals surface area contributed by atoms with Crippen LogP contribution in [-0.4, -0.2) is 31.2 Å². The van der Waals surface area contributed by atoms with Gasteiger partial charge in [-0.1, -0.05) is 23.7 Å². The molecule has 110 valence electrons. The minimum Gasteiger partial charge on any atom is -0.376 e. The van der Waals surface area contributed by atoms with Crippen LogP contribution >= 0.6 is 11.6 Å². The van der Waals surface area contributed by atoms with E-state index in [-0.39, 0.29) is 29.6 Å². The average Bonchev–Trinajstić information content (AvgIpc) is 2.89. The lowest BCUT2D eigenvalue weighted by atomic mass is 10.1. The van der Waals surface area contributed by atoms with E-state index in [2.05, 4.69) is 10.6 Å². The van der Waals surface area contributed by atoms with Crippen LogP contribution in [-0.2, 0) is 16.1 Å². The normalized spacial score (nSPS) is 21.9. The lowest BCUT2D eigenvalue weighted by Gasteiger charge is -2.19. The van der Waals surface area contributed by atoms with Crippen LogP contribution in [0.15, 0.2) is 18.2 Å². The molecule has 1 aromatic rings. The fourth-order valence-electron chi connectivity index (χ4n) is 2.31. The first-order valence-electron chi connectivity index (χ1n) is 6.69. The van der Waals surface area contributed by atoms with Gasteiger partial charge >= 0.3 is 0 Å². The summed E-state index contributed by atoms with van der Waals surface area (Å²) < 4.78 is 19.2. The molecule has 4 nitrogen and oxygen atoms in total. The van der Waals surface area contributed by atoms with Crippen molar-refractivity contribution in [3.8, 4) is 0 Å². The molecule has 1 amide bonds. The number of rotatable bonds is 5. The minimum absolute atomic E-state index is 0.0583. The second kappa shape index (κ2) is 7.02. The van der Waals surface area contributed by atoms with Gasteiger partial charge in [-0.25, -0.2) is 4.39 Å². The largest absolute Gasteiger partial charge is 0.376 e. The number of amides is 1. The van der Waals surface area contributed by atoms with E-state index in [1.54, 1.807) is 12.1 Å². The van der Waals surface area contributed by atoms with Gasteiger partial charge in [0.15, 0.2) is 0 Å². The molecule has 2 rings (SSSR count). The third kappa shape index (κ3) is 3.48. The maximum atomic E-state index is 13.7. The fraction of sp³-hybridized carbons (Fsp3) is 0.500. The van der Waals surface area contributed by atoms with Crippen molar-refractivity contribution >= 4 is 17.5 Å². The van der Waals surface area contributed by atoms with Crippen molar-refractivity contribution in [1.29, 1.82) is 0 Å². The Balaban J connectivity index is 1.93. The molecule has 2 atom stereocenters. The quantitative estimate of drug-likeness (QED) is 0.873. The Hall–Kier alpha value is -1.17. The van der Waals surface area contributed by atoms with Crippen LogP contribution in [0.3, 0.4) is 0 Å². The van der Waals surface area contributed by atoms with Gasteiger partial charge in [-0.05, 0) is 26.0 Å². The first kappa shape index (κ1) is 15.2. The predicted molar refractivity (Wildman–Crippen MR) is 75.1 cm³/mol. The first-order chi connectivity index (χ1) is 9.63. The highest BCUT2D eigenvalue weighted by molar-refractivity contribution is 6.30. The summed E-state index contributed by atoms with van der Waals surface area (Å²) in [5.41, 5.74) is 0.372. The minimum atomic E-state index is -0.491. The number of nitrogens with one attached hydrogen (secondary N) is 2. The summed E-state index contributed by atoms with van der Waals surface area (Å²) in [6.45, 7) is 3.32. The van der Waals surface area contributed by atoms with E-state index in [1.165, 1.54) is 6.07 Å². The second-order valence-electron chi connectivity index (χ2n) is 4.65. The summed E-state index contributed by atoms with van der Waals surface area (Å²) in [6.07, 6.45) is 0.682. The highest BCUT2D eigenvalue weighted by atomic mass is 35.5. The van der Waals surface area contributed by atoms with Gasteiger partial charge in [-0.3, -0.25) is 4.79 Å². The zero-order chi connectivity index (χ0) is 14.5. The van der Waals surface area contributed by atoms with Crippen LogP contribution < -0.4 is 10.6 Å². The first-order valence-corrected chi connectivity index (χ1v) is 7.07. The summed E-state index contributed by atoms with van der Waals surface area (Å²) in [5, 5.41) is 5.87. The highest BCUT2D eigenvalue weighted by Crippen LogP contribution is 2.18. The van der Waals surface area contributed by atoms with Crippen LogP contribution in [0.1, 0.15) is 18.9 Å². The number of hydrogen-bond acceptors (Lipinski definition) is 3. The Morgan fingerprint density at radius 1 is 1.60 bits per heavy atom. The molecule has 2 N–H and O–H groups in total.